The van der Waals surface area contributed by atoms with Gasteiger partial charge in [0.2, 0.25) is 0 Å². The topological polar surface area (TPSA) is 73.2 Å². The van der Waals surface area contributed by atoms with Crippen molar-refractivity contribution in [2.24, 2.45) is 5.92 Å². The number of hydrogen-bond donors (Lipinski definition) is 1. The molecular weight excluding hydrogens is 326 g/mol. The average molecular weight is 349 g/mol. The molecular formula is C17H23N3O3S. The number of thiophene rings is 1. The van der Waals surface area contributed by atoms with Crippen molar-refractivity contribution in [3.05, 3.63) is 16.6 Å². The van der Waals surface area contributed by atoms with Crippen molar-refractivity contribution in [3.8, 4) is 0 Å². The molecule has 0 radical (unpaired) electrons. The Morgan fingerprint density at radius 1 is 1.42 bits per heavy atom. The third-order valence-electron chi connectivity index (χ3n) is 3.92. The maximum atomic E-state index is 12.4. The number of aromatic nitrogens is 2. The number of amides is 1. The number of aryl methyl sites for hydroxylation is 1. The van der Waals surface area contributed by atoms with Crippen LogP contribution in [0.25, 0.3) is 10.2 Å². The fourth-order valence-corrected chi connectivity index (χ4v) is 3.56. The van der Waals surface area contributed by atoms with Gasteiger partial charge in [-0.1, -0.05) is 13.8 Å². The highest BCUT2D eigenvalue weighted by atomic mass is 32.1. The Morgan fingerprint density at radius 2 is 2.12 bits per heavy atom. The van der Waals surface area contributed by atoms with Crippen molar-refractivity contribution in [2.45, 2.75) is 59.2 Å². The normalized spacial score (nSPS) is 15.7. The highest BCUT2D eigenvalue weighted by molar-refractivity contribution is 7.20. The van der Waals surface area contributed by atoms with Gasteiger partial charge in [0, 0.05) is 18.0 Å². The van der Waals surface area contributed by atoms with Crippen molar-refractivity contribution < 1.29 is 14.3 Å². The summed E-state index contributed by atoms with van der Waals surface area (Å²) >= 11 is 1.37. The molecule has 2 heterocycles. The van der Waals surface area contributed by atoms with E-state index in [2.05, 4.69) is 24.3 Å². The smallest absolute Gasteiger partial charge is 0.349 e. The van der Waals surface area contributed by atoms with Crippen LogP contribution in [0.3, 0.4) is 0 Å². The molecule has 0 saturated heterocycles. The molecule has 0 spiro atoms. The van der Waals surface area contributed by atoms with Gasteiger partial charge in [-0.25, -0.2) is 4.79 Å². The van der Waals surface area contributed by atoms with Gasteiger partial charge in [0.25, 0.3) is 5.91 Å². The molecule has 0 bridgehead atoms. The molecule has 2 aromatic heterocycles. The molecule has 1 saturated carbocycles. The number of rotatable bonds is 6. The average Bonchev–Trinajstić information content (AvgIpc) is 3.11. The van der Waals surface area contributed by atoms with Crippen LogP contribution in [0.5, 0.6) is 0 Å². The summed E-state index contributed by atoms with van der Waals surface area (Å²) in [5.41, 5.74) is 0.903. The maximum absolute atomic E-state index is 12.4. The largest absolute Gasteiger partial charge is 0.448 e. The molecule has 24 heavy (non-hydrogen) atoms. The molecule has 1 atom stereocenters. The van der Waals surface area contributed by atoms with E-state index in [0.717, 1.165) is 35.3 Å². The summed E-state index contributed by atoms with van der Waals surface area (Å²) in [6.07, 6.45) is 1.24. The van der Waals surface area contributed by atoms with Gasteiger partial charge in [0.1, 0.15) is 9.71 Å². The Balaban J connectivity index is 1.73. The Labute approximate surface area is 145 Å². The minimum Gasteiger partial charge on any atom is -0.448 e. The first-order chi connectivity index (χ1) is 11.3. The molecule has 1 aliphatic rings. The van der Waals surface area contributed by atoms with Crippen LogP contribution in [0.15, 0.2) is 6.07 Å². The van der Waals surface area contributed by atoms with Crippen molar-refractivity contribution in [1.29, 1.82) is 0 Å². The summed E-state index contributed by atoms with van der Waals surface area (Å²) in [5.74, 6) is -0.213. The zero-order valence-corrected chi connectivity index (χ0v) is 15.3. The second-order valence-electron chi connectivity index (χ2n) is 6.82. The molecule has 130 valence electrons. The molecule has 1 N–H and O–H groups in total. The van der Waals surface area contributed by atoms with Crippen LogP contribution < -0.4 is 5.32 Å². The van der Waals surface area contributed by atoms with Gasteiger partial charge < -0.3 is 10.1 Å². The predicted molar refractivity (Wildman–Crippen MR) is 93.2 cm³/mol. The zero-order chi connectivity index (χ0) is 17.4. The van der Waals surface area contributed by atoms with Crippen LogP contribution in [0.2, 0.25) is 0 Å². The number of carbonyl (C=O) groups is 2. The van der Waals surface area contributed by atoms with E-state index < -0.39 is 12.1 Å². The van der Waals surface area contributed by atoms with Gasteiger partial charge in [-0.15, -0.1) is 11.3 Å². The number of carbonyl (C=O) groups excluding carboxylic acids is 2. The zero-order valence-electron chi connectivity index (χ0n) is 14.5. The molecule has 1 fully saturated rings. The molecule has 3 rings (SSSR count). The molecule has 7 heteroatoms. The van der Waals surface area contributed by atoms with E-state index in [1.807, 2.05) is 17.7 Å². The summed E-state index contributed by atoms with van der Waals surface area (Å²) in [5, 5.41) is 8.35. The highest BCUT2D eigenvalue weighted by Gasteiger charge is 2.28. The number of nitrogens with zero attached hydrogens (tertiary/aromatic N) is 2. The molecule has 1 amide bonds. The lowest BCUT2D eigenvalue weighted by molar-refractivity contribution is -0.129. The van der Waals surface area contributed by atoms with E-state index in [1.54, 1.807) is 6.92 Å². The first-order valence-electron chi connectivity index (χ1n) is 8.33. The van der Waals surface area contributed by atoms with Gasteiger partial charge >= 0.3 is 5.97 Å². The highest BCUT2D eigenvalue weighted by Crippen LogP contribution is 2.29. The fraction of sp³-hybridized carbons (Fsp3) is 0.588. The van der Waals surface area contributed by atoms with Crippen molar-refractivity contribution in [2.75, 3.05) is 0 Å². The van der Waals surface area contributed by atoms with E-state index in [-0.39, 0.29) is 11.9 Å². The molecule has 1 unspecified atom stereocenters. The SMILES string of the molecule is Cc1nn(CC(C)C)c2sc(C(=O)OC(C)C(=O)NC3CC3)cc12. The number of hydrogen-bond acceptors (Lipinski definition) is 5. The first-order valence-corrected chi connectivity index (χ1v) is 9.15. The van der Waals surface area contributed by atoms with Gasteiger partial charge in [0.05, 0.1) is 5.69 Å². The Hall–Kier alpha value is -1.89. The Morgan fingerprint density at radius 3 is 2.75 bits per heavy atom. The Kier molecular flexibility index (Phi) is 4.62. The monoisotopic (exact) mass is 349 g/mol. The second kappa shape index (κ2) is 6.55. The maximum Gasteiger partial charge on any atom is 0.349 e. The van der Waals surface area contributed by atoms with E-state index in [9.17, 15) is 9.59 Å². The third-order valence-corrected chi connectivity index (χ3v) is 5.05. The molecule has 0 aromatic carbocycles. The van der Waals surface area contributed by atoms with E-state index in [1.165, 1.54) is 11.3 Å². The van der Waals surface area contributed by atoms with Crippen LogP contribution in [0.4, 0.5) is 0 Å². The van der Waals surface area contributed by atoms with E-state index in [4.69, 9.17) is 4.74 Å². The minimum atomic E-state index is -0.781. The van der Waals surface area contributed by atoms with Crippen LogP contribution in [-0.2, 0) is 16.1 Å². The lowest BCUT2D eigenvalue weighted by Crippen LogP contribution is -2.36. The summed E-state index contributed by atoms with van der Waals surface area (Å²) in [6.45, 7) is 8.61. The molecule has 1 aliphatic carbocycles. The summed E-state index contributed by atoms with van der Waals surface area (Å²) in [7, 11) is 0. The van der Waals surface area contributed by atoms with Crippen molar-refractivity contribution in [1.82, 2.24) is 15.1 Å². The third kappa shape index (κ3) is 3.61. The Bertz CT molecular complexity index is 773. The van der Waals surface area contributed by atoms with Crippen LogP contribution >= 0.6 is 11.3 Å². The lowest BCUT2D eigenvalue weighted by atomic mass is 10.2. The minimum absolute atomic E-state index is 0.228. The van der Waals surface area contributed by atoms with Gasteiger partial charge in [-0.2, -0.15) is 5.10 Å². The molecule has 6 nitrogen and oxygen atoms in total. The number of nitrogens with one attached hydrogen (secondary N) is 1. The van der Waals surface area contributed by atoms with E-state index >= 15 is 0 Å². The van der Waals surface area contributed by atoms with Crippen molar-refractivity contribution >= 4 is 33.4 Å². The fourth-order valence-electron chi connectivity index (χ4n) is 2.50. The summed E-state index contributed by atoms with van der Waals surface area (Å²) in [6, 6.07) is 2.07. The van der Waals surface area contributed by atoms with Crippen LogP contribution in [0, 0.1) is 12.8 Å². The van der Waals surface area contributed by atoms with E-state index in [0.29, 0.717) is 10.8 Å². The quantitative estimate of drug-likeness (QED) is 0.814. The number of fused-ring (bicyclic) bond motifs is 1. The van der Waals surface area contributed by atoms with Crippen LogP contribution in [0.1, 0.15) is 49.0 Å². The van der Waals surface area contributed by atoms with Gasteiger partial charge in [-0.3, -0.25) is 9.48 Å². The van der Waals surface area contributed by atoms with Crippen LogP contribution in [-0.4, -0.2) is 33.8 Å². The first kappa shape index (κ1) is 17.0. The molecule has 2 aromatic rings. The lowest BCUT2D eigenvalue weighted by Gasteiger charge is -2.12. The van der Waals surface area contributed by atoms with Crippen molar-refractivity contribution in [3.63, 3.8) is 0 Å². The van der Waals surface area contributed by atoms with Gasteiger partial charge in [0.15, 0.2) is 6.10 Å². The predicted octanol–water partition coefficient (Wildman–Crippen LogP) is 2.89. The standard InChI is InChI=1S/C17H23N3O3S/c1-9(2)8-20-16-13(10(3)19-20)7-14(24-16)17(22)23-11(4)15(21)18-12-5-6-12/h7,9,11-12H,5-6,8H2,1-4H3,(H,18,21). The summed E-state index contributed by atoms with van der Waals surface area (Å²) < 4.78 is 7.26. The molecule has 0 aliphatic heterocycles. The summed E-state index contributed by atoms with van der Waals surface area (Å²) in [4.78, 5) is 25.7. The number of esters is 1. The number of ether oxygens (including phenoxy) is 1. The van der Waals surface area contributed by atoms with Gasteiger partial charge in [-0.05, 0) is 38.7 Å². The second-order valence-corrected chi connectivity index (χ2v) is 7.85.